The average Bonchev–Trinajstić information content (AvgIpc) is 3.58. The summed E-state index contributed by atoms with van der Waals surface area (Å²) in [6, 6.07) is 20.7. The molecule has 0 aliphatic carbocycles. The summed E-state index contributed by atoms with van der Waals surface area (Å²) in [5.41, 5.74) is -0.292. The third-order valence-corrected chi connectivity index (χ3v) is 18.6. The van der Waals surface area contributed by atoms with Gasteiger partial charge >= 0.3 is 18.0 Å². The fourth-order valence-corrected chi connectivity index (χ4v) is 9.74. The van der Waals surface area contributed by atoms with Crippen molar-refractivity contribution in [3.63, 3.8) is 0 Å². The van der Waals surface area contributed by atoms with Gasteiger partial charge in [0.1, 0.15) is 24.8 Å². The van der Waals surface area contributed by atoms with Gasteiger partial charge in [0.05, 0.1) is 49.0 Å². The van der Waals surface area contributed by atoms with Crippen molar-refractivity contribution in [1.29, 1.82) is 0 Å². The van der Waals surface area contributed by atoms with Gasteiger partial charge in [0.15, 0.2) is 26.8 Å². The molecule has 0 bridgehead atoms. The van der Waals surface area contributed by atoms with Crippen molar-refractivity contribution in [3.8, 4) is 0 Å². The van der Waals surface area contributed by atoms with Crippen LogP contribution < -0.4 is 5.32 Å². The lowest BCUT2D eigenvalue weighted by atomic mass is 9.92. The van der Waals surface area contributed by atoms with Gasteiger partial charge in [0.2, 0.25) is 5.91 Å². The molecule has 0 radical (unpaired) electrons. The SMILES string of the molecule is CC(=O)N(C(=O)[C@H](CC(C)C)NC(=O)OCc1ccccc1)[C@@H]1O[C@H](CO[Si](C)(C)C(C)(C)C)[C@@H](OC(=O)c2ccccc2)[C@H](OC(=O)c2ccccc2)[C@H]1N1C(=O)c2c(Cl)c(Cl)c(Cl)c(Cl)c2C1=O. The van der Waals surface area contributed by atoms with E-state index in [9.17, 15) is 19.2 Å². The summed E-state index contributed by atoms with van der Waals surface area (Å²) in [6.45, 7) is 13.9. The molecule has 0 spiro atoms. The number of hydrogen-bond acceptors (Lipinski definition) is 12. The molecule has 6 atom stereocenters. The van der Waals surface area contributed by atoms with Gasteiger partial charge in [-0.15, -0.1) is 0 Å². The van der Waals surface area contributed by atoms with Gasteiger partial charge in [-0.1, -0.05) is 148 Å². The molecule has 1 saturated heterocycles. The molecule has 6 rings (SSSR count). The second kappa shape index (κ2) is 22.4. The molecule has 2 aliphatic rings. The molecule has 15 nitrogen and oxygen atoms in total. The maximum Gasteiger partial charge on any atom is 0.408 e. The molecule has 1 N–H and O–H groups in total. The van der Waals surface area contributed by atoms with Crippen molar-refractivity contribution in [3.05, 3.63) is 139 Å². The fourth-order valence-electron chi connectivity index (χ4n) is 7.71. The van der Waals surface area contributed by atoms with Crippen LogP contribution in [0, 0.1) is 5.92 Å². The van der Waals surface area contributed by atoms with Crippen LogP contribution in [0.1, 0.15) is 95.0 Å². The fraction of sp³-hybridized carbons (Fsp3) is 0.380. The zero-order chi connectivity index (χ0) is 51.4. The van der Waals surface area contributed by atoms with E-state index in [4.69, 9.17) is 69.8 Å². The predicted molar refractivity (Wildman–Crippen MR) is 264 cm³/mol. The zero-order valence-electron chi connectivity index (χ0n) is 39.6. The molecule has 0 aromatic heterocycles. The Labute approximate surface area is 427 Å². The van der Waals surface area contributed by atoms with Crippen LogP contribution in [0.3, 0.4) is 0 Å². The average molecular weight is 1060 g/mol. The Hall–Kier alpha value is -5.33. The van der Waals surface area contributed by atoms with Crippen LogP contribution >= 0.6 is 46.4 Å². The molecule has 0 saturated carbocycles. The lowest BCUT2D eigenvalue weighted by molar-refractivity contribution is -0.237. The van der Waals surface area contributed by atoms with E-state index in [1.807, 2.05) is 33.9 Å². The normalized spacial score (nSPS) is 19.6. The lowest BCUT2D eigenvalue weighted by Crippen LogP contribution is -2.72. The van der Waals surface area contributed by atoms with Crippen molar-refractivity contribution in [2.75, 3.05) is 6.61 Å². The number of esters is 2. The molecule has 2 aliphatic heterocycles. The van der Waals surface area contributed by atoms with Crippen LogP contribution in [0.5, 0.6) is 0 Å². The van der Waals surface area contributed by atoms with E-state index in [1.165, 1.54) is 24.3 Å². The largest absolute Gasteiger partial charge is 0.452 e. The van der Waals surface area contributed by atoms with Gasteiger partial charge in [-0.2, -0.15) is 0 Å². The topological polar surface area (TPSA) is 184 Å². The van der Waals surface area contributed by atoms with Gasteiger partial charge in [-0.3, -0.25) is 29.0 Å². The molecule has 372 valence electrons. The van der Waals surface area contributed by atoms with Crippen molar-refractivity contribution in [2.24, 2.45) is 5.92 Å². The number of carbonyl (C=O) groups excluding carboxylic acids is 7. The van der Waals surface area contributed by atoms with E-state index in [0.717, 1.165) is 6.92 Å². The minimum Gasteiger partial charge on any atom is -0.452 e. The number of halogens is 4. The van der Waals surface area contributed by atoms with Gasteiger partial charge < -0.3 is 28.7 Å². The number of benzene rings is 4. The number of imide groups is 2. The summed E-state index contributed by atoms with van der Waals surface area (Å²) in [5, 5.41) is 0.544. The van der Waals surface area contributed by atoms with Crippen molar-refractivity contribution < 1.29 is 56.9 Å². The first-order valence-corrected chi connectivity index (χ1v) is 26.7. The summed E-state index contributed by atoms with van der Waals surface area (Å²) in [5.74, 6) is -6.67. The molecule has 20 heteroatoms. The summed E-state index contributed by atoms with van der Waals surface area (Å²) in [6.07, 6.45) is -8.38. The van der Waals surface area contributed by atoms with Crippen LogP contribution in [0.4, 0.5) is 4.79 Å². The molecule has 4 aromatic rings. The van der Waals surface area contributed by atoms with Gasteiger partial charge in [-0.25, -0.2) is 14.4 Å². The van der Waals surface area contributed by atoms with Crippen LogP contribution in [-0.4, -0.2) is 103 Å². The maximum absolute atomic E-state index is 15.3. The monoisotopic (exact) mass is 1060 g/mol. The number of ether oxygens (including phenoxy) is 4. The van der Waals surface area contributed by atoms with Gasteiger partial charge in [-0.05, 0) is 60.3 Å². The molecule has 4 aromatic carbocycles. The number of nitrogens with one attached hydrogen (secondary N) is 1. The first kappa shape index (κ1) is 54.0. The van der Waals surface area contributed by atoms with E-state index in [2.05, 4.69) is 5.32 Å². The Balaban J connectivity index is 1.58. The van der Waals surface area contributed by atoms with Crippen LogP contribution in [0.15, 0.2) is 91.0 Å². The van der Waals surface area contributed by atoms with Crippen LogP contribution in [0.2, 0.25) is 38.2 Å². The second-order valence-corrected chi connectivity index (χ2v) is 25.0. The molecule has 2 heterocycles. The van der Waals surface area contributed by atoms with E-state index < -0.39 is 119 Å². The Bertz CT molecular complexity index is 2590. The van der Waals surface area contributed by atoms with Crippen molar-refractivity contribution >= 4 is 96.4 Å². The van der Waals surface area contributed by atoms with Crippen LogP contribution in [0.25, 0.3) is 0 Å². The highest BCUT2D eigenvalue weighted by atomic mass is 35.5. The third kappa shape index (κ3) is 11.7. The predicted octanol–water partition coefficient (Wildman–Crippen LogP) is 10.2. The molecule has 5 amide bonds. The number of hydrogen-bond donors (Lipinski definition) is 1. The maximum atomic E-state index is 15.3. The molecular formula is C50H53Cl4N3O12Si. The summed E-state index contributed by atoms with van der Waals surface area (Å²) in [4.78, 5) is 103. The highest BCUT2D eigenvalue weighted by molar-refractivity contribution is 6.74. The molecular weight excluding hydrogens is 1000 g/mol. The van der Waals surface area contributed by atoms with E-state index in [0.29, 0.717) is 15.4 Å². The van der Waals surface area contributed by atoms with E-state index >= 15 is 14.4 Å². The van der Waals surface area contributed by atoms with Crippen molar-refractivity contribution in [2.45, 2.75) is 109 Å². The Kier molecular flexibility index (Phi) is 17.3. The highest BCUT2D eigenvalue weighted by Crippen LogP contribution is 2.47. The minimum atomic E-state index is -2.75. The number of carbonyl (C=O) groups is 7. The first-order chi connectivity index (χ1) is 32.9. The Morgan fingerprint density at radius 3 is 1.67 bits per heavy atom. The Morgan fingerprint density at radius 2 is 1.21 bits per heavy atom. The minimum absolute atomic E-state index is 0.00627. The quantitative estimate of drug-likeness (QED) is 0.0297. The van der Waals surface area contributed by atoms with Crippen LogP contribution in [-0.2, 0) is 39.6 Å². The Morgan fingerprint density at radius 1 is 0.743 bits per heavy atom. The van der Waals surface area contributed by atoms with Gasteiger partial charge in [0, 0.05) is 6.92 Å². The summed E-state index contributed by atoms with van der Waals surface area (Å²) < 4.78 is 31.6. The second-order valence-electron chi connectivity index (χ2n) is 18.7. The first-order valence-electron chi connectivity index (χ1n) is 22.3. The van der Waals surface area contributed by atoms with Crippen molar-refractivity contribution in [1.82, 2.24) is 15.1 Å². The number of fused-ring (bicyclic) bond motifs is 1. The number of nitrogens with zero attached hydrogens (tertiary/aromatic N) is 2. The summed E-state index contributed by atoms with van der Waals surface area (Å²) >= 11 is 26.2. The molecule has 0 unspecified atom stereocenters. The third-order valence-electron chi connectivity index (χ3n) is 12.3. The van der Waals surface area contributed by atoms with E-state index in [1.54, 1.807) is 80.6 Å². The molecule has 70 heavy (non-hydrogen) atoms. The highest BCUT2D eigenvalue weighted by Gasteiger charge is 2.61. The smallest absolute Gasteiger partial charge is 0.408 e. The standard InChI is InChI=1S/C50H53Cl4N3O12Si/c1-27(2)24-32(55-49(64)65-25-29-18-12-9-13-19-29)43(59)56(28(3)58)46-40(57-44(60)34-35(45(57)61)37(52)39(54)38(53)36(34)51)42(69-48(63)31-22-16-11-17-23-31)41(68-47(62)30-20-14-10-15-21-30)33(67-46)26-66-70(7,8)50(4,5)6/h9-23,27,32-33,40-42,46H,24-26H2,1-8H3,(H,55,64)/t32-,33+,40+,41+,42+,46+/m0/s1. The van der Waals surface area contributed by atoms with Gasteiger partial charge in [0.25, 0.3) is 17.7 Å². The number of amides is 5. The zero-order valence-corrected chi connectivity index (χ0v) is 43.7. The number of rotatable bonds is 15. The van der Waals surface area contributed by atoms with E-state index in [-0.39, 0.29) is 40.1 Å². The summed E-state index contributed by atoms with van der Waals surface area (Å²) in [7, 11) is -2.75. The number of alkyl carbamates (subject to hydrolysis) is 1. The lowest BCUT2D eigenvalue weighted by Gasteiger charge is -2.50. The molecule has 1 fully saturated rings.